The lowest BCUT2D eigenvalue weighted by atomic mass is 9.99. The van der Waals surface area contributed by atoms with Crippen molar-refractivity contribution in [3.8, 4) is 0 Å². The van der Waals surface area contributed by atoms with E-state index in [4.69, 9.17) is 0 Å². The Kier molecular flexibility index (Phi) is 5.42. The van der Waals surface area contributed by atoms with E-state index in [1.807, 2.05) is 28.7 Å². The molecule has 98 valence electrons. The summed E-state index contributed by atoms with van der Waals surface area (Å²) in [7, 11) is 0. The van der Waals surface area contributed by atoms with Gasteiger partial charge < -0.3 is 5.32 Å². The van der Waals surface area contributed by atoms with Gasteiger partial charge in [0.1, 0.15) is 0 Å². The zero-order chi connectivity index (χ0) is 12.8. The monoisotopic (exact) mass is 279 g/mol. The van der Waals surface area contributed by atoms with Gasteiger partial charge in [-0.3, -0.25) is 0 Å². The Morgan fingerprint density at radius 3 is 3.06 bits per heavy atom. The standard InChI is InChI=1S/C15H21NS2/c1-3-5-12(4-2)6-8-16-11-13-10-15-14(18-13)7-9-17-15/h3,7,9-10,12,16H,1,4-6,8,11H2,2H3. The summed E-state index contributed by atoms with van der Waals surface area (Å²) in [6.07, 6.45) is 5.69. The van der Waals surface area contributed by atoms with E-state index in [0.29, 0.717) is 0 Å². The first kappa shape index (κ1) is 13.8. The largest absolute Gasteiger partial charge is 0.312 e. The van der Waals surface area contributed by atoms with Gasteiger partial charge in [0, 0.05) is 20.8 Å². The van der Waals surface area contributed by atoms with Crippen LogP contribution in [0, 0.1) is 5.92 Å². The van der Waals surface area contributed by atoms with Crippen molar-refractivity contribution in [3.63, 3.8) is 0 Å². The quantitative estimate of drug-likeness (QED) is 0.527. The van der Waals surface area contributed by atoms with Crippen LogP contribution in [0.25, 0.3) is 9.40 Å². The minimum atomic E-state index is 0.793. The van der Waals surface area contributed by atoms with Gasteiger partial charge in [-0.25, -0.2) is 0 Å². The van der Waals surface area contributed by atoms with E-state index in [0.717, 1.165) is 25.4 Å². The summed E-state index contributed by atoms with van der Waals surface area (Å²) in [6, 6.07) is 4.53. The van der Waals surface area contributed by atoms with Crippen molar-refractivity contribution in [3.05, 3.63) is 35.0 Å². The maximum absolute atomic E-state index is 3.83. The van der Waals surface area contributed by atoms with Crippen molar-refractivity contribution in [2.45, 2.75) is 32.7 Å². The molecule has 0 aliphatic heterocycles. The molecule has 0 bridgehead atoms. The zero-order valence-corrected chi connectivity index (χ0v) is 12.6. The fourth-order valence-electron chi connectivity index (χ4n) is 2.14. The number of thiophene rings is 2. The smallest absolute Gasteiger partial charge is 0.0453 e. The Bertz CT molecular complexity index is 455. The van der Waals surface area contributed by atoms with Crippen molar-refractivity contribution in [2.24, 2.45) is 5.92 Å². The summed E-state index contributed by atoms with van der Waals surface area (Å²) in [6.45, 7) is 8.21. The second kappa shape index (κ2) is 7.07. The van der Waals surface area contributed by atoms with Crippen LogP contribution in [0.1, 0.15) is 31.1 Å². The maximum atomic E-state index is 3.83. The first-order valence-electron chi connectivity index (χ1n) is 6.61. The topological polar surface area (TPSA) is 12.0 Å². The van der Waals surface area contributed by atoms with Gasteiger partial charge in [0.2, 0.25) is 0 Å². The predicted octanol–water partition coefficient (Wildman–Crippen LogP) is 5.04. The van der Waals surface area contributed by atoms with Crippen LogP contribution in [0.4, 0.5) is 0 Å². The minimum absolute atomic E-state index is 0.793. The van der Waals surface area contributed by atoms with Crippen molar-refractivity contribution >= 4 is 32.1 Å². The highest BCUT2D eigenvalue weighted by molar-refractivity contribution is 7.26. The van der Waals surface area contributed by atoms with E-state index in [1.54, 1.807) is 0 Å². The van der Waals surface area contributed by atoms with Gasteiger partial charge in [0.15, 0.2) is 0 Å². The van der Waals surface area contributed by atoms with Gasteiger partial charge in [0.25, 0.3) is 0 Å². The number of allylic oxidation sites excluding steroid dienone is 1. The summed E-state index contributed by atoms with van der Waals surface area (Å²) >= 11 is 3.74. The average molecular weight is 279 g/mol. The predicted molar refractivity (Wildman–Crippen MR) is 84.6 cm³/mol. The second-order valence-corrected chi connectivity index (χ2v) is 6.74. The summed E-state index contributed by atoms with van der Waals surface area (Å²) < 4.78 is 2.85. The summed E-state index contributed by atoms with van der Waals surface area (Å²) in [5.74, 6) is 0.793. The summed E-state index contributed by atoms with van der Waals surface area (Å²) in [5.41, 5.74) is 0. The number of nitrogens with one attached hydrogen (secondary N) is 1. The Balaban J connectivity index is 1.72. The summed E-state index contributed by atoms with van der Waals surface area (Å²) in [5, 5.41) is 5.72. The fourth-order valence-corrected chi connectivity index (χ4v) is 4.25. The minimum Gasteiger partial charge on any atom is -0.312 e. The molecule has 0 aliphatic carbocycles. The molecule has 0 fully saturated rings. The van der Waals surface area contributed by atoms with Crippen LogP contribution in [0.5, 0.6) is 0 Å². The fraction of sp³-hybridized carbons (Fsp3) is 0.467. The first-order chi connectivity index (χ1) is 8.83. The molecule has 0 amide bonds. The number of fused-ring (bicyclic) bond motifs is 1. The SMILES string of the molecule is C=CCC(CC)CCNCc1cc2sccc2s1. The van der Waals surface area contributed by atoms with Gasteiger partial charge in [-0.15, -0.1) is 29.3 Å². The number of hydrogen-bond donors (Lipinski definition) is 1. The summed E-state index contributed by atoms with van der Waals surface area (Å²) in [4.78, 5) is 1.45. The third-order valence-corrected chi connectivity index (χ3v) is 5.39. The molecule has 0 radical (unpaired) electrons. The molecule has 2 heterocycles. The molecule has 18 heavy (non-hydrogen) atoms. The van der Waals surface area contributed by atoms with Gasteiger partial charge >= 0.3 is 0 Å². The first-order valence-corrected chi connectivity index (χ1v) is 8.30. The molecule has 2 rings (SSSR count). The van der Waals surface area contributed by atoms with Gasteiger partial charge in [-0.2, -0.15) is 0 Å². The average Bonchev–Trinajstić information content (AvgIpc) is 2.93. The van der Waals surface area contributed by atoms with E-state index in [1.165, 1.54) is 27.1 Å². The zero-order valence-electron chi connectivity index (χ0n) is 10.9. The van der Waals surface area contributed by atoms with Crippen molar-refractivity contribution in [2.75, 3.05) is 6.54 Å². The Morgan fingerprint density at radius 1 is 1.44 bits per heavy atom. The maximum Gasteiger partial charge on any atom is 0.0453 e. The lowest BCUT2D eigenvalue weighted by Crippen LogP contribution is -2.16. The Hall–Kier alpha value is -0.640. The molecule has 0 saturated heterocycles. The molecule has 2 aromatic rings. The molecule has 0 spiro atoms. The molecule has 1 atom stereocenters. The normalized spacial score (nSPS) is 12.9. The van der Waals surface area contributed by atoms with Crippen LogP contribution < -0.4 is 5.32 Å². The molecular formula is C15H21NS2. The van der Waals surface area contributed by atoms with Gasteiger partial charge in [-0.1, -0.05) is 19.4 Å². The van der Waals surface area contributed by atoms with E-state index in [-0.39, 0.29) is 0 Å². The molecule has 1 N–H and O–H groups in total. The molecule has 1 nitrogen and oxygen atoms in total. The van der Waals surface area contributed by atoms with E-state index in [9.17, 15) is 0 Å². The molecule has 2 aromatic heterocycles. The molecule has 0 aliphatic rings. The number of hydrogen-bond acceptors (Lipinski definition) is 3. The third-order valence-electron chi connectivity index (χ3n) is 3.30. The molecule has 1 unspecified atom stereocenters. The lowest BCUT2D eigenvalue weighted by Gasteiger charge is -2.12. The van der Waals surface area contributed by atoms with Crippen LogP contribution in [0.3, 0.4) is 0 Å². The van der Waals surface area contributed by atoms with Crippen LogP contribution >= 0.6 is 22.7 Å². The Labute approximate surface area is 118 Å². The van der Waals surface area contributed by atoms with Crippen molar-refractivity contribution < 1.29 is 0 Å². The van der Waals surface area contributed by atoms with E-state index >= 15 is 0 Å². The van der Waals surface area contributed by atoms with Crippen LogP contribution in [0.15, 0.2) is 30.2 Å². The van der Waals surface area contributed by atoms with Crippen LogP contribution in [-0.4, -0.2) is 6.54 Å². The number of rotatable bonds is 8. The highest BCUT2D eigenvalue weighted by atomic mass is 32.1. The van der Waals surface area contributed by atoms with Gasteiger partial charge in [-0.05, 0) is 42.8 Å². The highest BCUT2D eigenvalue weighted by Crippen LogP contribution is 2.29. The Morgan fingerprint density at radius 2 is 2.33 bits per heavy atom. The van der Waals surface area contributed by atoms with E-state index < -0.39 is 0 Å². The van der Waals surface area contributed by atoms with E-state index in [2.05, 4.69) is 36.3 Å². The lowest BCUT2D eigenvalue weighted by molar-refractivity contribution is 0.456. The third kappa shape index (κ3) is 3.67. The molecular weight excluding hydrogens is 258 g/mol. The van der Waals surface area contributed by atoms with Crippen molar-refractivity contribution in [1.82, 2.24) is 5.32 Å². The van der Waals surface area contributed by atoms with Crippen LogP contribution in [-0.2, 0) is 6.54 Å². The highest BCUT2D eigenvalue weighted by Gasteiger charge is 2.05. The molecule has 3 heteroatoms. The second-order valence-electron chi connectivity index (χ2n) is 4.63. The van der Waals surface area contributed by atoms with Gasteiger partial charge in [0.05, 0.1) is 0 Å². The van der Waals surface area contributed by atoms with Crippen molar-refractivity contribution in [1.29, 1.82) is 0 Å². The molecule has 0 aromatic carbocycles. The molecule has 0 saturated carbocycles. The van der Waals surface area contributed by atoms with Crippen LogP contribution in [0.2, 0.25) is 0 Å².